The van der Waals surface area contributed by atoms with Crippen LogP contribution in [0.4, 0.5) is 13.2 Å². The van der Waals surface area contributed by atoms with Crippen LogP contribution in [-0.2, 0) is 6.18 Å². The molecule has 1 aromatic carbocycles. The van der Waals surface area contributed by atoms with Crippen LogP contribution in [0.5, 0.6) is 0 Å². The van der Waals surface area contributed by atoms with Gasteiger partial charge in [-0.1, -0.05) is 11.6 Å². The molecular weight excluding hydrogens is 379 g/mol. The van der Waals surface area contributed by atoms with E-state index in [0.29, 0.717) is 0 Å². The molecule has 0 atom stereocenters. The van der Waals surface area contributed by atoms with Gasteiger partial charge in [0.2, 0.25) is 0 Å². The Hall–Kier alpha value is -2.10. The summed E-state index contributed by atoms with van der Waals surface area (Å²) in [6, 6.07) is 5.94. The molecule has 0 bridgehead atoms. The van der Waals surface area contributed by atoms with Crippen molar-refractivity contribution in [2.24, 2.45) is 10.8 Å². The molecule has 0 spiro atoms. The normalized spacial score (nSPS) is 11.9. The summed E-state index contributed by atoms with van der Waals surface area (Å²) >= 11 is 10.7. The van der Waals surface area contributed by atoms with Gasteiger partial charge < -0.3 is 15.3 Å². The van der Waals surface area contributed by atoms with Gasteiger partial charge in [-0.25, -0.2) is 5.01 Å². The number of aliphatic hydroxyl groups excluding tert-OH is 1. The summed E-state index contributed by atoms with van der Waals surface area (Å²) < 4.78 is 44.0. The van der Waals surface area contributed by atoms with Gasteiger partial charge in [0.05, 0.1) is 30.0 Å². The summed E-state index contributed by atoms with van der Waals surface area (Å²) in [6.07, 6.45) is -3.21. The average Bonchev–Trinajstić information content (AvgIpc) is 2.99. The highest BCUT2D eigenvalue weighted by Crippen LogP contribution is 2.36. The van der Waals surface area contributed by atoms with Crippen LogP contribution in [-0.4, -0.2) is 34.6 Å². The molecule has 0 aliphatic rings. The molecule has 0 amide bonds. The van der Waals surface area contributed by atoms with E-state index >= 15 is 0 Å². The second kappa shape index (κ2) is 7.85. The van der Waals surface area contributed by atoms with Gasteiger partial charge in [0.25, 0.3) is 0 Å². The van der Waals surface area contributed by atoms with Crippen LogP contribution >= 0.6 is 23.8 Å². The fourth-order valence-electron chi connectivity index (χ4n) is 1.90. The molecule has 134 valence electrons. The molecule has 1 aromatic heterocycles. The Morgan fingerprint density at radius 1 is 1.36 bits per heavy atom. The number of hydrazone groups is 1. The van der Waals surface area contributed by atoms with Crippen LogP contribution < -0.4 is 5.73 Å². The number of benzene rings is 1. The monoisotopic (exact) mass is 391 g/mol. The van der Waals surface area contributed by atoms with Gasteiger partial charge >= 0.3 is 6.18 Å². The van der Waals surface area contributed by atoms with E-state index in [1.54, 1.807) is 0 Å². The number of nitrogens with zero attached hydrogens (tertiary/aromatic N) is 2. The zero-order valence-electron chi connectivity index (χ0n) is 12.6. The lowest BCUT2D eigenvalue weighted by atomic mass is 10.1. The standard InChI is InChI=1S/C15H13ClF3N3O2S/c16-12-3-1-9(15(17,18)19)7-11(12)13-4-2-10(24-13)8-21-22(5-6-23)14(20)25/h1-4,7-8,23H,5-6H2,(H2,20,25). The lowest BCUT2D eigenvalue weighted by Gasteiger charge is -2.14. The lowest BCUT2D eigenvalue weighted by molar-refractivity contribution is -0.137. The van der Waals surface area contributed by atoms with Crippen molar-refractivity contribution in [3.05, 3.63) is 46.7 Å². The van der Waals surface area contributed by atoms with Crippen LogP contribution in [0.1, 0.15) is 11.3 Å². The second-order valence-corrected chi connectivity index (χ2v) is 5.65. The fraction of sp³-hybridized carbons (Fsp3) is 0.200. The van der Waals surface area contributed by atoms with Crippen LogP contribution in [0.25, 0.3) is 11.3 Å². The summed E-state index contributed by atoms with van der Waals surface area (Å²) in [4.78, 5) is 0. The molecule has 5 nitrogen and oxygen atoms in total. The molecule has 0 saturated carbocycles. The Morgan fingerprint density at radius 3 is 2.68 bits per heavy atom. The predicted octanol–water partition coefficient (Wildman–Crippen LogP) is 3.49. The molecule has 3 N–H and O–H groups in total. The number of alkyl halides is 3. The van der Waals surface area contributed by atoms with Gasteiger partial charge in [-0.2, -0.15) is 18.3 Å². The van der Waals surface area contributed by atoms with E-state index < -0.39 is 11.7 Å². The Morgan fingerprint density at radius 2 is 2.08 bits per heavy atom. The maximum Gasteiger partial charge on any atom is 0.416 e. The lowest BCUT2D eigenvalue weighted by Crippen LogP contribution is -2.33. The van der Waals surface area contributed by atoms with Crippen molar-refractivity contribution in [2.45, 2.75) is 6.18 Å². The smallest absolute Gasteiger partial charge is 0.416 e. The summed E-state index contributed by atoms with van der Waals surface area (Å²) in [5.41, 5.74) is 4.72. The van der Waals surface area contributed by atoms with Crippen molar-refractivity contribution in [2.75, 3.05) is 13.2 Å². The summed E-state index contributed by atoms with van der Waals surface area (Å²) in [5, 5.41) is 14.1. The van der Waals surface area contributed by atoms with Gasteiger partial charge in [-0.15, -0.1) is 0 Å². The number of nitrogens with two attached hydrogens (primary N) is 1. The first-order valence-electron chi connectivity index (χ1n) is 6.91. The zero-order valence-corrected chi connectivity index (χ0v) is 14.2. The fourth-order valence-corrected chi connectivity index (χ4v) is 2.25. The van der Waals surface area contributed by atoms with Gasteiger partial charge in [0.15, 0.2) is 5.11 Å². The third kappa shape index (κ3) is 4.94. The minimum atomic E-state index is -4.49. The molecular formula is C15H13ClF3N3O2S. The minimum absolute atomic E-state index is 0.0435. The van der Waals surface area contributed by atoms with Crippen molar-refractivity contribution >= 4 is 35.1 Å². The topological polar surface area (TPSA) is 75.0 Å². The van der Waals surface area contributed by atoms with Crippen LogP contribution in [0, 0.1) is 0 Å². The van der Waals surface area contributed by atoms with E-state index in [-0.39, 0.29) is 40.4 Å². The Bertz CT molecular complexity index is 793. The van der Waals surface area contributed by atoms with E-state index in [9.17, 15) is 13.2 Å². The van der Waals surface area contributed by atoms with Crippen LogP contribution in [0.2, 0.25) is 5.02 Å². The molecule has 25 heavy (non-hydrogen) atoms. The number of hydrogen-bond donors (Lipinski definition) is 2. The number of furan rings is 1. The number of hydrogen-bond acceptors (Lipinski definition) is 4. The number of aliphatic hydroxyl groups is 1. The van der Waals surface area contributed by atoms with E-state index in [2.05, 4.69) is 5.10 Å². The highest BCUT2D eigenvalue weighted by molar-refractivity contribution is 7.80. The quantitative estimate of drug-likeness (QED) is 0.463. The van der Waals surface area contributed by atoms with E-state index in [1.807, 2.05) is 0 Å². The average molecular weight is 392 g/mol. The van der Waals surface area contributed by atoms with Crippen molar-refractivity contribution in [1.82, 2.24) is 5.01 Å². The van der Waals surface area contributed by atoms with Gasteiger partial charge in [-0.05, 0) is 42.5 Å². The van der Waals surface area contributed by atoms with Crippen molar-refractivity contribution < 1.29 is 22.7 Å². The second-order valence-electron chi connectivity index (χ2n) is 4.82. The first-order chi connectivity index (χ1) is 11.7. The van der Waals surface area contributed by atoms with Gasteiger partial charge in [-0.3, -0.25) is 0 Å². The molecule has 0 unspecified atom stereocenters. The molecule has 2 rings (SSSR count). The third-order valence-electron chi connectivity index (χ3n) is 3.08. The van der Waals surface area contributed by atoms with E-state index in [0.717, 1.165) is 18.2 Å². The SMILES string of the molecule is NC(=S)N(CCO)N=Cc1ccc(-c2cc(C(F)(F)F)ccc2Cl)o1. The van der Waals surface area contributed by atoms with Crippen LogP contribution in [0.3, 0.4) is 0 Å². The Kier molecular flexibility index (Phi) is 6.04. The minimum Gasteiger partial charge on any atom is -0.455 e. The molecule has 0 aliphatic heterocycles. The summed E-state index contributed by atoms with van der Waals surface area (Å²) in [5.74, 6) is 0.407. The van der Waals surface area contributed by atoms with E-state index in [1.165, 1.54) is 23.4 Å². The highest BCUT2D eigenvalue weighted by atomic mass is 35.5. The highest BCUT2D eigenvalue weighted by Gasteiger charge is 2.31. The predicted molar refractivity (Wildman–Crippen MR) is 92.3 cm³/mol. The molecule has 1 heterocycles. The molecule has 10 heteroatoms. The molecule has 0 aliphatic carbocycles. The maximum atomic E-state index is 12.8. The molecule has 2 aromatic rings. The van der Waals surface area contributed by atoms with Crippen molar-refractivity contribution in [3.8, 4) is 11.3 Å². The van der Waals surface area contributed by atoms with Gasteiger partial charge in [0.1, 0.15) is 11.5 Å². The summed E-state index contributed by atoms with van der Waals surface area (Å²) in [7, 11) is 0. The summed E-state index contributed by atoms with van der Waals surface area (Å²) in [6.45, 7) is -0.114. The number of thiocarbonyl (C=S) groups is 1. The maximum absolute atomic E-state index is 12.8. The van der Waals surface area contributed by atoms with Crippen LogP contribution in [0.15, 0.2) is 39.9 Å². The number of halogens is 4. The van der Waals surface area contributed by atoms with E-state index in [4.69, 9.17) is 39.1 Å². The first-order valence-corrected chi connectivity index (χ1v) is 7.69. The van der Waals surface area contributed by atoms with Crippen molar-refractivity contribution in [1.29, 1.82) is 0 Å². The largest absolute Gasteiger partial charge is 0.455 e. The molecule has 0 fully saturated rings. The molecule has 0 saturated heterocycles. The zero-order chi connectivity index (χ0) is 18.6. The third-order valence-corrected chi connectivity index (χ3v) is 3.62. The Balaban J connectivity index is 2.28. The first kappa shape index (κ1) is 19.2. The van der Waals surface area contributed by atoms with Crippen molar-refractivity contribution in [3.63, 3.8) is 0 Å². The number of rotatable bonds is 5. The Labute approximate surface area is 151 Å². The molecule has 0 radical (unpaired) electrons. The van der Waals surface area contributed by atoms with Gasteiger partial charge in [0, 0.05) is 5.56 Å².